The molecular formula is C14H21Cl2N3O2S. The van der Waals surface area contributed by atoms with Crippen LogP contribution in [-0.2, 0) is 9.59 Å². The number of amides is 2. The molecule has 0 fully saturated rings. The minimum absolute atomic E-state index is 0. The number of benzene rings is 1. The number of hydrogen-bond donors (Lipinski definition) is 3. The van der Waals surface area contributed by atoms with Crippen LogP contribution in [0.25, 0.3) is 0 Å². The Morgan fingerprint density at radius 2 is 2.00 bits per heavy atom. The smallest absolute Gasteiger partial charge is 0.243 e. The van der Waals surface area contributed by atoms with Crippen LogP contribution in [0.1, 0.15) is 13.8 Å². The molecule has 0 radical (unpaired) electrons. The lowest BCUT2D eigenvalue weighted by Gasteiger charge is -2.15. The van der Waals surface area contributed by atoms with Gasteiger partial charge in [0.2, 0.25) is 11.8 Å². The Hall–Kier alpha value is -0.950. The number of nitrogens with one attached hydrogen (secondary N) is 2. The first kappa shape index (κ1) is 21.0. The Labute approximate surface area is 146 Å². The first-order chi connectivity index (χ1) is 9.85. The van der Waals surface area contributed by atoms with E-state index in [0.717, 1.165) is 4.90 Å². The quantitative estimate of drug-likeness (QED) is 0.676. The second-order valence-corrected chi connectivity index (χ2v) is 6.14. The van der Waals surface area contributed by atoms with Crippen LogP contribution >= 0.6 is 35.8 Å². The molecule has 0 saturated carbocycles. The summed E-state index contributed by atoms with van der Waals surface area (Å²) < 4.78 is 0. The molecule has 22 heavy (non-hydrogen) atoms. The number of hydrogen-bond acceptors (Lipinski definition) is 4. The molecule has 8 heteroatoms. The Balaban J connectivity index is 0.00000441. The van der Waals surface area contributed by atoms with Crippen LogP contribution in [0.4, 0.5) is 5.69 Å². The van der Waals surface area contributed by atoms with E-state index in [2.05, 4.69) is 10.6 Å². The lowest BCUT2D eigenvalue weighted by molar-refractivity contribution is -0.125. The van der Waals surface area contributed by atoms with Crippen molar-refractivity contribution in [1.82, 2.24) is 5.32 Å². The fourth-order valence-electron chi connectivity index (χ4n) is 1.54. The summed E-state index contributed by atoms with van der Waals surface area (Å²) >= 11 is 7.59. The van der Waals surface area contributed by atoms with E-state index in [9.17, 15) is 9.59 Å². The zero-order valence-electron chi connectivity index (χ0n) is 12.7. The molecule has 0 saturated heterocycles. The van der Waals surface area contributed by atoms with Gasteiger partial charge in [-0.15, -0.1) is 24.2 Å². The third kappa shape index (κ3) is 6.44. The van der Waals surface area contributed by atoms with Crippen molar-refractivity contribution in [3.05, 3.63) is 23.2 Å². The van der Waals surface area contributed by atoms with Gasteiger partial charge < -0.3 is 16.4 Å². The highest BCUT2D eigenvalue weighted by molar-refractivity contribution is 7.98. The van der Waals surface area contributed by atoms with Crippen LogP contribution in [0.2, 0.25) is 5.02 Å². The lowest BCUT2D eigenvalue weighted by atomic mass is 10.1. The van der Waals surface area contributed by atoms with E-state index in [-0.39, 0.29) is 36.7 Å². The average Bonchev–Trinajstić information content (AvgIpc) is 2.44. The summed E-state index contributed by atoms with van der Waals surface area (Å²) in [6, 6.07) is 4.65. The molecule has 0 spiro atoms. The molecule has 0 unspecified atom stereocenters. The van der Waals surface area contributed by atoms with Crippen molar-refractivity contribution in [2.45, 2.75) is 24.8 Å². The van der Waals surface area contributed by atoms with Crippen LogP contribution in [-0.4, -0.2) is 30.7 Å². The van der Waals surface area contributed by atoms with Crippen LogP contribution in [0.5, 0.6) is 0 Å². The molecule has 0 heterocycles. The summed E-state index contributed by atoms with van der Waals surface area (Å²) in [7, 11) is 0. The molecule has 1 aromatic rings. The van der Waals surface area contributed by atoms with Gasteiger partial charge in [-0.1, -0.05) is 25.4 Å². The maximum atomic E-state index is 11.8. The number of carbonyl (C=O) groups is 2. The molecule has 1 rings (SSSR count). The third-order valence-corrected chi connectivity index (χ3v) is 4.10. The summed E-state index contributed by atoms with van der Waals surface area (Å²) in [4.78, 5) is 24.3. The van der Waals surface area contributed by atoms with Crippen molar-refractivity contribution in [3.63, 3.8) is 0 Å². The molecule has 1 atom stereocenters. The lowest BCUT2D eigenvalue weighted by Crippen LogP contribution is -2.46. The second kappa shape index (κ2) is 9.94. The molecule has 0 aliphatic carbocycles. The Bertz CT molecular complexity index is 527. The van der Waals surface area contributed by atoms with Gasteiger partial charge >= 0.3 is 0 Å². The molecule has 2 amide bonds. The fourth-order valence-corrected chi connectivity index (χ4v) is 2.41. The SMILES string of the molecule is CSc1ccc(NC(=O)CNC(=O)[C@@H](N)C(C)C)cc1Cl.Cl. The highest BCUT2D eigenvalue weighted by atomic mass is 35.5. The van der Waals surface area contributed by atoms with Crippen molar-refractivity contribution >= 4 is 53.3 Å². The maximum Gasteiger partial charge on any atom is 0.243 e. The number of thioether (sulfide) groups is 1. The van der Waals surface area contributed by atoms with Crippen molar-refractivity contribution in [2.24, 2.45) is 11.7 Å². The predicted octanol–water partition coefficient (Wildman–Crippen LogP) is 2.52. The van der Waals surface area contributed by atoms with Gasteiger partial charge in [0.15, 0.2) is 0 Å². The van der Waals surface area contributed by atoms with Crippen LogP contribution in [0, 0.1) is 5.92 Å². The molecule has 124 valence electrons. The van der Waals surface area contributed by atoms with Crippen molar-refractivity contribution in [1.29, 1.82) is 0 Å². The van der Waals surface area contributed by atoms with Gasteiger partial charge in [-0.3, -0.25) is 9.59 Å². The Kier molecular flexibility index (Phi) is 9.51. The fraction of sp³-hybridized carbons (Fsp3) is 0.429. The molecule has 0 aliphatic heterocycles. The van der Waals surface area contributed by atoms with Gasteiger partial charge in [0.05, 0.1) is 17.6 Å². The van der Waals surface area contributed by atoms with Gasteiger partial charge in [-0.2, -0.15) is 0 Å². The van der Waals surface area contributed by atoms with Crippen LogP contribution in [0.3, 0.4) is 0 Å². The number of rotatable bonds is 6. The summed E-state index contributed by atoms with van der Waals surface area (Å²) in [6.45, 7) is 3.57. The van der Waals surface area contributed by atoms with Gasteiger partial charge in [0.1, 0.15) is 0 Å². The third-order valence-electron chi connectivity index (χ3n) is 2.88. The van der Waals surface area contributed by atoms with E-state index in [4.69, 9.17) is 17.3 Å². The highest BCUT2D eigenvalue weighted by Gasteiger charge is 2.17. The number of anilines is 1. The summed E-state index contributed by atoms with van der Waals surface area (Å²) in [6.07, 6.45) is 1.92. The van der Waals surface area contributed by atoms with E-state index in [1.54, 1.807) is 12.1 Å². The summed E-state index contributed by atoms with van der Waals surface area (Å²) in [5.41, 5.74) is 6.28. The van der Waals surface area contributed by atoms with E-state index in [1.807, 2.05) is 26.2 Å². The molecule has 1 aromatic carbocycles. The minimum Gasteiger partial charge on any atom is -0.346 e. The normalized spacial score (nSPS) is 11.5. The number of carbonyl (C=O) groups excluding carboxylic acids is 2. The van der Waals surface area contributed by atoms with Gasteiger partial charge in [-0.25, -0.2) is 0 Å². The van der Waals surface area contributed by atoms with Crippen LogP contribution in [0.15, 0.2) is 23.1 Å². The molecule has 0 aliphatic rings. The second-order valence-electron chi connectivity index (χ2n) is 4.89. The van der Waals surface area contributed by atoms with Crippen molar-refractivity contribution in [2.75, 3.05) is 18.1 Å². The minimum atomic E-state index is -0.617. The zero-order valence-corrected chi connectivity index (χ0v) is 15.1. The first-order valence-electron chi connectivity index (χ1n) is 6.51. The van der Waals surface area contributed by atoms with E-state index in [1.165, 1.54) is 11.8 Å². The molecule has 5 nitrogen and oxygen atoms in total. The largest absolute Gasteiger partial charge is 0.346 e. The van der Waals surface area contributed by atoms with Gasteiger partial charge in [0, 0.05) is 10.6 Å². The first-order valence-corrected chi connectivity index (χ1v) is 8.12. The van der Waals surface area contributed by atoms with Gasteiger partial charge in [-0.05, 0) is 30.4 Å². The summed E-state index contributed by atoms with van der Waals surface area (Å²) in [5.74, 6) is -0.644. The molecular weight excluding hydrogens is 345 g/mol. The van der Waals surface area contributed by atoms with Crippen molar-refractivity contribution < 1.29 is 9.59 Å². The Morgan fingerprint density at radius 1 is 1.36 bits per heavy atom. The predicted molar refractivity (Wildman–Crippen MR) is 94.9 cm³/mol. The van der Waals surface area contributed by atoms with Gasteiger partial charge in [0.25, 0.3) is 0 Å². The van der Waals surface area contributed by atoms with E-state index >= 15 is 0 Å². The zero-order chi connectivity index (χ0) is 16.0. The highest BCUT2D eigenvalue weighted by Crippen LogP contribution is 2.27. The molecule has 0 aromatic heterocycles. The van der Waals surface area contributed by atoms with E-state index < -0.39 is 6.04 Å². The molecule has 0 bridgehead atoms. The average molecular weight is 366 g/mol. The Morgan fingerprint density at radius 3 is 2.50 bits per heavy atom. The molecule has 4 N–H and O–H groups in total. The van der Waals surface area contributed by atoms with Crippen LogP contribution < -0.4 is 16.4 Å². The maximum absolute atomic E-state index is 11.8. The monoisotopic (exact) mass is 365 g/mol. The topological polar surface area (TPSA) is 84.2 Å². The van der Waals surface area contributed by atoms with Crippen molar-refractivity contribution in [3.8, 4) is 0 Å². The standard InChI is InChI=1S/C14H20ClN3O2S.ClH/c1-8(2)13(16)14(20)17-7-12(19)18-9-4-5-11(21-3)10(15)6-9;/h4-6,8,13H,7,16H2,1-3H3,(H,17,20)(H,18,19);1H/t13-;/m0./s1. The summed E-state index contributed by atoms with van der Waals surface area (Å²) in [5, 5.41) is 5.75. The number of halogens is 2. The van der Waals surface area contributed by atoms with E-state index in [0.29, 0.717) is 10.7 Å². The number of nitrogens with two attached hydrogens (primary N) is 1.